The number of benzene rings is 1. The topological polar surface area (TPSA) is 106 Å². The van der Waals surface area contributed by atoms with Crippen molar-refractivity contribution in [1.82, 2.24) is 9.55 Å². The van der Waals surface area contributed by atoms with Gasteiger partial charge in [0.15, 0.2) is 0 Å². The molecule has 0 N–H and O–H groups in total. The van der Waals surface area contributed by atoms with Crippen LogP contribution in [0.1, 0.15) is 76.0 Å². The molecular weight excluding hydrogens is 508 g/mol. The Morgan fingerprint density at radius 3 is 2.11 bits per heavy atom. The quantitative estimate of drug-likeness (QED) is 0.183. The van der Waals surface area contributed by atoms with E-state index in [1.54, 1.807) is 32.5 Å². The largest absolute Gasteiger partial charge is 0.463 e. The normalized spacial score (nSPS) is 11.5. The van der Waals surface area contributed by atoms with E-state index in [-0.39, 0.29) is 38.7 Å². The van der Waals surface area contributed by atoms with Crippen molar-refractivity contribution in [3.63, 3.8) is 0 Å². The van der Waals surface area contributed by atoms with Gasteiger partial charge in [0, 0.05) is 4.90 Å². The SMILES string of the molecule is Cc1cc(C)cc(Sc2c(C(C)C)nc(C)n2COCCOC(=O)CCC(=O)OCOC(=O)C(C)(C)C)c1. The lowest BCUT2D eigenvalue weighted by atomic mass is 9.98. The molecular formula is C28H40N2O7S. The van der Waals surface area contributed by atoms with Crippen molar-refractivity contribution in [2.45, 2.75) is 90.8 Å². The molecule has 0 aliphatic rings. The van der Waals surface area contributed by atoms with Crippen molar-refractivity contribution >= 4 is 29.7 Å². The summed E-state index contributed by atoms with van der Waals surface area (Å²) in [6, 6.07) is 6.46. The Labute approximate surface area is 229 Å². The van der Waals surface area contributed by atoms with Gasteiger partial charge in [0.2, 0.25) is 6.79 Å². The molecule has 210 valence electrons. The summed E-state index contributed by atoms with van der Waals surface area (Å²) in [6.07, 6.45) is -0.306. The average Bonchev–Trinajstić information content (AvgIpc) is 3.11. The van der Waals surface area contributed by atoms with E-state index in [0.29, 0.717) is 0 Å². The van der Waals surface area contributed by atoms with E-state index in [1.165, 1.54) is 11.1 Å². The molecule has 0 aliphatic carbocycles. The van der Waals surface area contributed by atoms with Crippen molar-refractivity contribution in [3.8, 4) is 0 Å². The van der Waals surface area contributed by atoms with Gasteiger partial charge in [-0.2, -0.15) is 0 Å². The Bertz CT molecular complexity index is 1100. The Balaban J connectivity index is 1.78. The molecule has 1 aromatic heterocycles. The number of ether oxygens (including phenoxy) is 4. The predicted molar refractivity (Wildman–Crippen MR) is 144 cm³/mol. The first-order valence-corrected chi connectivity index (χ1v) is 13.5. The summed E-state index contributed by atoms with van der Waals surface area (Å²) in [5.74, 6) is -0.563. The highest BCUT2D eigenvalue weighted by molar-refractivity contribution is 7.99. The van der Waals surface area contributed by atoms with Crippen LogP contribution in [-0.4, -0.2) is 47.5 Å². The summed E-state index contributed by atoms with van der Waals surface area (Å²) in [7, 11) is 0. The number of nitrogens with zero attached hydrogens (tertiary/aromatic N) is 2. The number of imidazole rings is 1. The summed E-state index contributed by atoms with van der Waals surface area (Å²) in [4.78, 5) is 41.2. The number of carbonyl (C=O) groups excluding carboxylic acids is 3. The molecule has 1 heterocycles. The van der Waals surface area contributed by atoms with Crippen LogP contribution < -0.4 is 0 Å². The zero-order valence-electron chi connectivity index (χ0n) is 23.7. The molecule has 0 amide bonds. The number of aryl methyl sites for hydroxylation is 3. The molecule has 0 unspecified atom stereocenters. The molecule has 1 aromatic carbocycles. The standard InChI is InChI=1S/C28H40N2O7S/c1-18(2)25-26(38-22-14-19(3)13-20(4)15-22)30(21(5)29-25)16-34-11-12-35-23(31)9-10-24(32)36-17-37-27(33)28(6,7)8/h13-15,18H,9-12,16-17H2,1-8H3. The summed E-state index contributed by atoms with van der Waals surface area (Å²) in [6.45, 7) is 15.5. The van der Waals surface area contributed by atoms with E-state index in [0.717, 1.165) is 21.4 Å². The highest BCUT2D eigenvalue weighted by Gasteiger charge is 2.23. The summed E-state index contributed by atoms with van der Waals surface area (Å²) >= 11 is 1.67. The van der Waals surface area contributed by atoms with Gasteiger partial charge in [-0.3, -0.25) is 19.0 Å². The number of carbonyl (C=O) groups is 3. The smallest absolute Gasteiger partial charge is 0.314 e. The Morgan fingerprint density at radius 1 is 0.921 bits per heavy atom. The molecule has 0 radical (unpaired) electrons. The lowest BCUT2D eigenvalue weighted by Crippen LogP contribution is -2.24. The van der Waals surface area contributed by atoms with Gasteiger partial charge in [0.25, 0.3) is 0 Å². The third-order valence-corrected chi connectivity index (χ3v) is 6.45. The minimum absolute atomic E-state index is 0.0570. The average molecular weight is 549 g/mol. The first-order valence-electron chi connectivity index (χ1n) is 12.7. The maximum atomic E-state index is 11.9. The van der Waals surface area contributed by atoms with Crippen LogP contribution in [0.3, 0.4) is 0 Å². The van der Waals surface area contributed by atoms with Crippen molar-refractivity contribution in [2.24, 2.45) is 5.41 Å². The van der Waals surface area contributed by atoms with Gasteiger partial charge in [-0.15, -0.1) is 0 Å². The number of hydrogen-bond donors (Lipinski definition) is 0. The van der Waals surface area contributed by atoms with E-state index in [9.17, 15) is 14.4 Å². The van der Waals surface area contributed by atoms with Crippen LogP contribution in [0.25, 0.3) is 0 Å². The van der Waals surface area contributed by atoms with Crippen LogP contribution in [-0.2, 0) is 40.1 Å². The highest BCUT2D eigenvalue weighted by atomic mass is 32.2. The number of esters is 3. The highest BCUT2D eigenvalue weighted by Crippen LogP contribution is 2.35. The van der Waals surface area contributed by atoms with Crippen LogP contribution in [0.5, 0.6) is 0 Å². The molecule has 10 heteroatoms. The van der Waals surface area contributed by atoms with Crippen LogP contribution in [0.4, 0.5) is 0 Å². The zero-order chi connectivity index (χ0) is 28.5. The molecule has 38 heavy (non-hydrogen) atoms. The third kappa shape index (κ3) is 10.1. The van der Waals surface area contributed by atoms with Crippen LogP contribution >= 0.6 is 11.8 Å². The van der Waals surface area contributed by atoms with E-state index in [4.69, 9.17) is 23.9 Å². The van der Waals surface area contributed by atoms with Crippen LogP contribution in [0.15, 0.2) is 28.1 Å². The molecule has 0 saturated carbocycles. The molecule has 0 spiro atoms. The van der Waals surface area contributed by atoms with Crippen molar-refractivity contribution in [3.05, 3.63) is 40.8 Å². The van der Waals surface area contributed by atoms with Gasteiger partial charge in [-0.05, 0) is 70.7 Å². The van der Waals surface area contributed by atoms with Gasteiger partial charge in [-0.25, -0.2) is 4.98 Å². The lowest BCUT2D eigenvalue weighted by Gasteiger charge is -2.16. The Kier molecular flexibility index (Phi) is 11.8. The maximum absolute atomic E-state index is 11.9. The van der Waals surface area contributed by atoms with E-state index < -0.39 is 30.1 Å². The number of hydrogen-bond acceptors (Lipinski definition) is 9. The van der Waals surface area contributed by atoms with E-state index >= 15 is 0 Å². The van der Waals surface area contributed by atoms with Crippen molar-refractivity contribution in [2.75, 3.05) is 20.0 Å². The van der Waals surface area contributed by atoms with Gasteiger partial charge in [-0.1, -0.05) is 31.7 Å². The van der Waals surface area contributed by atoms with E-state index in [2.05, 4.69) is 45.9 Å². The predicted octanol–water partition coefficient (Wildman–Crippen LogP) is 5.47. The minimum Gasteiger partial charge on any atom is -0.463 e. The Hall–Kier alpha value is -2.85. The molecule has 2 aromatic rings. The van der Waals surface area contributed by atoms with Gasteiger partial charge in [0.1, 0.15) is 24.2 Å². The molecule has 0 atom stereocenters. The molecule has 0 saturated heterocycles. The zero-order valence-corrected chi connectivity index (χ0v) is 24.5. The molecule has 0 bridgehead atoms. The second kappa shape index (κ2) is 14.3. The maximum Gasteiger partial charge on any atom is 0.314 e. The van der Waals surface area contributed by atoms with Crippen LogP contribution in [0.2, 0.25) is 0 Å². The summed E-state index contributed by atoms with van der Waals surface area (Å²) in [5, 5.41) is 1.03. The fourth-order valence-electron chi connectivity index (χ4n) is 3.39. The van der Waals surface area contributed by atoms with Crippen LogP contribution in [0, 0.1) is 26.2 Å². The summed E-state index contributed by atoms with van der Waals surface area (Å²) in [5.41, 5.74) is 2.74. The number of aromatic nitrogens is 2. The van der Waals surface area contributed by atoms with Gasteiger partial charge < -0.3 is 18.9 Å². The molecule has 9 nitrogen and oxygen atoms in total. The van der Waals surface area contributed by atoms with E-state index in [1.807, 2.05) is 11.5 Å². The van der Waals surface area contributed by atoms with Gasteiger partial charge in [0.05, 0.1) is 30.6 Å². The van der Waals surface area contributed by atoms with Crippen molar-refractivity contribution < 1.29 is 33.3 Å². The van der Waals surface area contributed by atoms with Gasteiger partial charge >= 0.3 is 17.9 Å². The monoisotopic (exact) mass is 548 g/mol. The molecule has 0 aliphatic heterocycles. The second-order valence-electron chi connectivity index (χ2n) is 10.4. The fourth-order valence-corrected chi connectivity index (χ4v) is 4.78. The second-order valence-corrected chi connectivity index (χ2v) is 11.5. The molecule has 0 fully saturated rings. The Morgan fingerprint density at radius 2 is 1.53 bits per heavy atom. The molecule has 2 rings (SSSR count). The number of rotatable bonds is 13. The summed E-state index contributed by atoms with van der Waals surface area (Å²) < 4.78 is 22.7. The first kappa shape index (κ1) is 31.4. The lowest BCUT2D eigenvalue weighted by molar-refractivity contribution is -0.174. The minimum atomic E-state index is -0.688. The fraction of sp³-hybridized carbons (Fsp3) is 0.571. The third-order valence-electron chi connectivity index (χ3n) is 5.36. The van der Waals surface area contributed by atoms with Crippen molar-refractivity contribution in [1.29, 1.82) is 0 Å². The first-order chi connectivity index (χ1) is 17.8.